The monoisotopic (exact) mass is 441 g/mol. The van der Waals surface area contributed by atoms with Crippen LogP contribution in [0.25, 0.3) is 0 Å². The number of nitrogens with two attached hydrogens (primary N) is 1. The Kier molecular flexibility index (Phi) is 7.42. The van der Waals surface area contributed by atoms with Gasteiger partial charge >= 0.3 is 0 Å². The number of aliphatic imine (C=N–C) groups is 1. The molecule has 2 rings (SSSR count). The smallest absolute Gasteiger partial charge is 0.193 e. The molecule has 0 bridgehead atoms. The Bertz CT molecular complexity index is 503. The zero-order chi connectivity index (χ0) is 14.6. The molecule has 0 saturated heterocycles. The van der Waals surface area contributed by atoms with Crippen molar-refractivity contribution in [1.29, 1.82) is 0 Å². The summed E-state index contributed by atoms with van der Waals surface area (Å²) in [5.41, 5.74) is 6.73. The Morgan fingerprint density at radius 3 is 2.71 bits per heavy atom. The number of hydrogen-bond donors (Lipinski definition) is 2. The molecule has 7 heteroatoms. The summed E-state index contributed by atoms with van der Waals surface area (Å²) < 4.78 is 5.41. The van der Waals surface area contributed by atoms with E-state index in [1.54, 1.807) is 19.2 Å². The van der Waals surface area contributed by atoms with Gasteiger partial charge in [-0.05, 0) is 37.3 Å². The van der Waals surface area contributed by atoms with Crippen LogP contribution in [0.4, 0.5) is 5.69 Å². The molecule has 1 saturated carbocycles. The summed E-state index contributed by atoms with van der Waals surface area (Å²) in [5.74, 6) is 1.06. The zero-order valence-electron chi connectivity index (χ0n) is 12.2. The van der Waals surface area contributed by atoms with E-state index in [9.17, 15) is 0 Å². The van der Waals surface area contributed by atoms with Gasteiger partial charge in [-0.15, -0.1) is 24.0 Å². The van der Waals surface area contributed by atoms with Crippen LogP contribution in [0.5, 0.6) is 5.75 Å². The highest BCUT2D eigenvalue weighted by Crippen LogP contribution is 2.42. The van der Waals surface area contributed by atoms with E-state index in [1.165, 1.54) is 19.3 Å². The average Bonchev–Trinajstić information content (AvgIpc) is 2.38. The van der Waals surface area contributed by atoms with Crippen LogP contribution in [0.2, 0.25) is 5.02 Å². The highest BCUT2D eigenvalue weighted by atomic mass is 127. The van der Waals surface area contributed by atoms with Crippen LogP contribution < -0.4 is 15.8 Å². The van der Waals surface area contributed by atoms with Gasteiger partial charge < -0.3 is 15.8 Å². The quantitative estimate of drug-likeness (QED) is 0.412. The Labute approximate surface area is 152 Å². The topological polar surface area (TPSA) is 59.6 Å². The number of methoxy groups -OCH3 is 1. The minimum Gasteiger partial charge on any atom is -0.495 e. The number of hydrogen-bond acceptors (Lipinski definition) is 3. The molecule has 0 radical (unpaired) electrons. The fraction of sp³-hybridized carbons (Fsp3) is 0.500. The summed E-state index contributed by atoms with van der Waals surface area (Å²) in [6.07, 6.45) is 5.87. The second-order valence-electron chi connectivity index (χ2n) is 4.92. The SMILES string of the molecule is COc1ccc(NC(N)=NCC2(SC)CCC2)cc1Cl.I. The van der Waals surface area contributed by atoms with Crippen molar-refractivity contribution in [3.8, 4) is 5.75 Å². The molecule has 21 heavy (non-hydrogen) atoms. The zero-order valence-corrected chi connectivity index (χ0v) is 16.1. The molecule has 0 aliphatic heterocycles. The van der Waals surface area contributed by atoms with Crippen molar-refractivity contribution in [2.24, 2.45) is 10.7 Å². The van der Waals surface area contributed by atoms with E-state index in [0.29, 0.717) is 21.5 Å². The van der Waals surface area contributed by atoms with Gasteiger partial charge in [-0.2, -0.15) is 11.8 Å². The third-order valence-corrected chi connectivity index (χ3v) is 5.36. The van der Waals surface area contributed by atoms with Crippen molar-refractivity contribution < 1.29 is 4.74 Å². The van der Waals surface area contributed by atoms with Crippen molar-refractivity contribution in [3.05, 3.63) is 23.2 Å². The third-order valence-electron chi connectivity index (χ3n) is 3.66. The summed E-state index contributed by atoms with van der Waals surface area (Å²) in [6, 6.07) is 5.44. The predicted octanol–water partition coefficient (Wildman–Crippen LogP) is 3.98. The largest absolute Gasteiger partial charge is 0.495 e. The summed E-state index contributed by atoms with van der Waals surface area (Å²) in [7, 11) is 1.59. The molecular formula is C14H21ClIN3OS. The number of rotatable bonds is 5. The molecule has 1 aliphatic rings. The second-order valence-corrected chi connectivity index (χ2v) is 6.60. The molecule has 1 aliphatic carbocycles. The van der Waals surface area contributed by atoms with Gasteiger partial charge in [-0.3, -0.25) is 4.99 Å². The number of guanidine groups is 1. The van der Waals surface area contributed by atoms with Gasteiger partial charge in [-0.1, -0.05) is 18.0 Å². The summed E-state index contributed by atoms with van der Waals surface area (Å²) in [4.78, 5) is 4.44. The summed E-state index contributed by atoms with van der Waals surface area (Å²) in [6.45, 7) is 0.761. The van der Waals surface area contributed by atoms with Gasteiger partial charge in [0.1, 0.15) is 5.75 Å². The number of thioether (sulfide) groups is 1. The van der Waals surface area contributed by atoms with E-state index in [0.717, 1.165) is 12.2 Å². The van der Waals surface area contributed by atoms with Crippen molar-refractivity contribution in [3.63, 3.8) is 0 Å². The Balaban J connectivity index is 0.00000220. The van der Waals surface area contributed by atoms with E-state index in [1.807, 2.05) is 17.8 Å². The molecule has 1 aromatic rings. The maximum atomic E-state index is 6.07. The lowest BCUT2D eigenvalue weighted by Gasteiger charge is -2.39. The van der Waals surface area contributed by atoms with Crippen LogP contribution in [0, 0.1) is 0 Å². The first-order valence-corrected chi connectivity index (χ1v) is 8.14. The molecule has 0 atom stereocenters. The number of nitrogens with zero attached hydrogens (tertiary/aromatic N) is 1. The molecule has 0 unspecified atom stereocenters. The second kappa shape index (κ2) is 8.33. The molecule has 0 aromatic heterocycles. The van der Waals surface area contributed by atoms with Gasteiger partial charge in [-0.25, -0.2) is 0 Å². The maximum Gasteiger partial charge on any atom is 0.193 e. The number of halogens is 2. The fourth-order valence-electron chi connectivity index (χ4n) is 2.16. The Morgan fingerprint density at radius 1 is 1.52 bits per heavy atom. The fourth-order valence-corrected chi connectivity index (χ4v) is 3.31. The molecule has 0 spiro atoms. The van der Waals surface area contributed by atoms with Gasteiger partial charge in [0.2, 0.25) is 0 Å². The molecular weight excluding hydrogens is 421 g/mol. The normalized spacial score (nSPS) is 16.6. The minimum atomic E-state index is 0. The van der Waals surface area contributed by atoms with Crippen LogP contribution in [0.1, 0.15) is 19.3 Å². The van der Waals surface area contributed by atoms with Gasteiger partial charge in [0.25, 0.3) is 0 Å². The average molecular weight is 442 g/mol. The Hall–Kier alpha value is -0.340. The van der Waals surface area contributed by atoms with E-state index in [2.05, 4.69) is 16.6 Å². The maximum absolute atomic E-state index is 6.07. The number of nitrogens with one attached hydrogen (secondary N) is 1. The Morgan fingerprint density at radius 2 is 2.24 bits per heavy atom. The summed E-state index contributed by atoms with van der Waals surface area (Å²) in [5, 5.41) is 3.60. The standard InChI is InChI=1S/C14H20ClN3OS.HI/c1-19-12-5-4-10(8-11(12)15)18-13(16)17-9-14(20-2)6-3-7-14;/h4-5,8H,3,6-7,9H2,1-2H3,(H3,16,17,18);1H. The third kappa shape index (κ3) is 4.82. The highest BCUT2D eigenvalue weighted by Gasteiger charge is 2.35. The number of benzene rings is 1. The van der Waals surface area contributed by atoms with E-state index >= 15 is 0 Å². The molecule has 1 fully saturated rings. The molecule has 3 N–H and O–H groups in total. The van der Waals surface area contributed by atoms with Crippen molar-refractivity contribution >= 4 is 59.0 Å². The van der Waals surface area contributed by atoms with Crippen molar-refractivity contribution in [2.45, 2.75) is 24.0 Å². The molecule has 4 nitrogen and oxygen atoms in total. The van der Waals surface area contributed by atoms with Crippen LogP contribution in [-0.4, -0.2) is 30.6 Å². The van der Waals surface area contributed by atoms with Crippen LogP contribution >= 0.6 is 47.3 Å². The number of ether oxygens (including phenoxy) is 1. The van der Waals surface area contributed by atoms with Crippen LogP contribution in [0.15, 0.2) is 23.2 Å². The van der Waals surface area contributed by atoms with Crippen molar-refractivity contribution in [1.82, 2.24) is 0 Å². The molecule has 1 aromatic carbocycles. The lowest BCUT2D eigenvalue weighted by atomic mass is 9.84. The van der Waals surface area contributed by atoms with E-state index in [4.69, 9.17) is 22.1 Å². The highest BCUT2D eigenvalue weighted by molar-refractivity contribution is 14.0. The molecule has 0 amide bonds. The minimum absolute atomic E-state index is 0. The molecule has 0 heterocycles. The van der Waals surface area contributed by atoms with Crippen LogP contribution in [0.3, 0.4) is 0 Å². The summed E-state index contributed by atoms with van der Waals surface area (Å²) >= 11 is 7.95. The van der Waals surface area contributed by atoms with E-state index < -0.39 is 0 Å². The van der Waals surface area contributed by atoms with Gasteiger partial charge in [0.05, 0.1) is 18.7 Å². The predicted molar refractivity (Wildman–Crippen MR) is 104 cm³/mol. The number of anilines is 1. The van der Waals surface area contributed by atoms with Crippen molar-refractivity contribution in [2.75, 3.05) is 25.2 Å². The van der Waals surface area contributed by atoms with E-state index in [-0.39, 0.29) is 24.0 Å². The first-order valence-electron chi connectivity index (χ1n) is 6.54. The lowest BCUT2D eigenvalue weighted by Crippen LogP contribution is -2.37. The first kappa shape index (κ1) is 18.7. The molecule has 118 valence electrons. The first-order chi connectivity index (χ1) is 9.58. The van der Waals surface area contributed by atoms with Gasteiger partial charge in [0, 0.05) is 10.4 Å². The lowest BCUT2D eigenvalue weighted by molar-refractivity contribution is 0.372. The van der Waals surface area contributed by atoms with Gasteiger partial charge in [0.15, 0.2) is 5.96 Å². The van der Waals surface area contributed by atoms with Crippen LogP contribution in [-0.2, 0) is 0 Å².